The standard InChI is InChI=1S/C25H21NO4/c27-15-17-11-12-24(28)18(14-17)6-5-13-26-25(29)30-16-23-21-9-3-1-7-19(21)20-8-2-4-10-22(20)23/h1-12,14-15,23,28H,13,16H2,(H,26,29). The number of aldehydes is 1. The second-order valence-corrected chi connectivity index (χ2v) is 7.04. The van der Waals surface area contributed by atoms with Crippen molar-refractivity contribution in [2.45, 2.75) is 5.92 Å². The number of carbonyl (C=O) groups excluding carboxylic acids is 2. The fourth-order valence-corrected chi connectivity index (χ4v) is 3.76. The van der Waals surface area contributed by atoms with Crippen molar-refractivity contribution >= 4 is 18.5 Å². The number of fused-ring (bicyclic) bond motifs is 3. The molecule has 2 N–H and O–H groups in total. The molecule has 0 radical (unpaired) electrons. The van der Waals surface area contributed by atoms with Gasteiger partial charge in [0.05, 0.1) is 0 Å². The van der Waals surface area contributed by atoms with Crippen LogP contribution in [0.3, 0.4) is 0 Å². The van der Waals surface area contributed by atoms with Crippen LogP contribution in [0.15, 0.2) is 72.8 Å². The first-order valence-electron chi connectivity index (χ1n) is 9.71. The Hall–Kier alpha value is -3.86. The Morgan fingerprint density at radius 3 is 2.33 bits per heavy atom. The molecule has 0 heterocycles. The summed E-state index contributed by atoms with van der Waals surface area (Å²) in [7, 11) is 0. The van der Waals surface area contributed by atoms with Crippen molar-refractivity contribution in [2.24, 2.45) is 0 Å². The summed E-state index contributed by atoms with van der Waals surface area (Å²) in [5.41, 5.74) is 5.67. The van der Waals surface area contributed by atoms with Crippen molar-refractivity contribution in [1.82, 2.24) is 5.32 Å². The van der Waals surface area contributed by atoms with Gasteiger partial charge in [0.25, 0.3) is 0 Å². The average Bonchev–Trinajstić information content (AvgIpc) is 3.10. The molecule has 4 rings (SSSR count). The number of nitrogens with one attached hydrogen (secondary N) is 1. The van der Waals surface area contributed by atoms with E-state index in [-0.39, 0.29) is 24.8 Å². The smallest absolute Gasteiger partial charge is 0.407 e. The molecule has 0 bridgehead atoms. The fraction of sp³-hybridized carbons (Fsp3) is 0.120. The van der Waals surface area contributed by atoms with Gasteiger partial charge in [-0.1, -0.05) is 60.7 Å². The lowest BCUT2D eigenvalue weighted by Crippen LogP contribution is -2.26. The van der Waals surface area contributed by atoms with Crippen LogP contribution in [0.2, 0.25) is 0 Å². The van der Waals surface area contributed by atoms with Crippen molar-refractivity contribution in [3.05, 3.63) is 95.1 Å². The lowest BCUT2D eigenvalue weighted by Gasteiger charge is -2.14. The quantitative estimate of drug-likeness (QED) is 0.586. The van der Waals surface area contributed by atoms with Crippen molar-refractivity contribution in [3.63, 3.8) is 0 Å². The van der Waals surface area contributed by atoms with E-state index >= 15 is 0 Å². The summed E-state index contributed by atoms with van der Waals surface area (Å²) in [6.07, 6.45) is 3.54. The van der Waals surface area contributed by atoms with Gasteiger partial charge in [0, 0.05) is 23.6 Å². The number of ether oxygens (including phenoxy) is 1. The largest absolute Gasteiger partial charge is 0.507 e. The summed E-state index contributed by atoms with van der Waals surface area (Å²) in [5, 5.41) is 12.5. The summed E-state index contributed by atoms with van der Waals surface area (Å²) in [4.78, 5) is 23.0. The number of hydrogen-bond donors (Lipinski definition) is 2. The summed E-state index contributed by atoms with van der Waals surface area (Å²) >= 11 is 0. The van der Waals surface area contributed by atoms with Crippen LogP contribution in [0.5, 0.6) is 5.75 Å². The molecule has 0 spiro atoms. The van der Waals surface area contributed by atoms with E-state index in [0.29, 0.717) is 17.4 Å². The third kappa shape index (κ3) is 3.96. The molecule has 5 nitrogen and oxygen atoms in total. The summed E-state index contributed by atoms with van der Waals surface area (Å²) < 4.78 is 5.47. The molecule has 0 aliphatic heterocycles. The van der Waals surface area contributed by atoms with Gasteiger partial charge in [-0.05, 0) is 40.5 Å². The molecule has 0 aromatic heterocycles. The molecule has 0 saturated carbocycles. The SMILES string of the molecule is O=Cc1ccc(O)c(C=CCNC(=O)OCC2c3ccccc3-c3ccccc32)c1. The molecule has 0 fully saturated rings. The van der Waals surface area contributed by atoms with E-state index in [9.17, 15) is 14.7 Å². The number of hydrogen-bond acceptors (Lipinski definition) is 4. The van der Waals surface area contributed by atoms with Crippen LogP contribution in [0.25, 0.3) is 17.2 Å². The minimum absolute atomic E-state index is 0.0155. The van der Waals surface area contributed by atoms with Gasteiger partial charge >= 0.3 is 6.09 Å². The number of carbonyl (C=O) groups is 2. The van der Waals surface area contributed by atoms with Crippen molar-refractivity contribution in [2.75, 3.05) is 13.2 Å². The summed E-state index contributed by atoms with van der Waals surface area (Å²) in [6.45, 7) is 0.493. The van der Waals surface area contributed by atoms with Crippen LogP contribution in [-0.4, -0.2) is 30.6 Å². The average molecular weight is 399 g/mol. The molecule has 0 unspecified atom stereocenters. The van der Waals surface area contributed by atoms with E-state index in [0.717, 1.165) is 11.1 Å². The maximum Gasteiger partial charge on any atom is 0.407 e. The lowest BCUT2D eigenvalue weighted by molar-refractivity contribution is 0.112. The van der Waals surface area contributed by atoms with Crippen molar-refractivity contribution in [1.29, 1.82) is 0 Å². The normalized spacial score (nSPS) is 12.4. The van der Waals surface area contributed by atoms with Gasteiger partial charge in [0.15, 0.2) is 0 Å². The van der Waals surface area contributed by atoms with Crippen LogP contribution in [0.1, 0.15) is 33.0 Å². The predicted molar refractivity (Wildman–Crippen MR) is 116 cm³/mol. The number of benzene rings is 3. The number of alkyl carbamates (subject to hydrolysis) is 1. The molecule has 0 atom stereocenters. The maximum absolute atomic E-state index is 12.1. The molecule has 1 aliphatic rings. The molecule has 30 heavy (non-hydrogen) atoms. The van der Waals surface area contributed by atoms with Gasteiger partial charge in [0.1, 0.15) is 18.6 Å². The van der Waals surface area contributed by atoms with E-state index in [1.54, 1.807) is 18.2 Å². The van der Waals surface area contributed by atoms with E-state index in [1.807, 2.05) is 24.3 Å². The van der Waals surface area contributed by atoms with Crippen LogP contribution in [0, 0.1) is 0 Å². The number of rotatable bonds is 6. The Labute approximate surface area is 174 Å². The van der Waals surface area contributed by atoms with Crippen LogP contribution >= 0.6 is 0 Å². The molecular formula is C25H21NO4. The predicted octanol–water partition coefficient (Wildman–Crippen LogP) is 4.76. The third-order valence-electron chi connectivity index (χ3n) is 5.19. The van der Waals surface area contributed by atoms with Gasteiger partial charge in [-0.15, -0.1) is 0 Å². The Morgan fingerprint density at radius 2 is 1.67 bits per heavy atom. The van der Waals surface area contributed by atoms with Gasteiger partial charge in [-0.25, -0.2) is 4.79 Å². The maximum atomic E-state index is 12.1. The summed E-state index contributed by atoms with van der Waals surface area (Å²) in [5.74, 6) is 0.0831. The third-order valence-corrected chi connectivity index (χ3v) is 5.19. The monoisotopic (exact) mass is 399 g/mol. The number of amides is 1. The highest BCUT2D eigenvalue weighted by Gasteiger charge is 2.28. The number of phenolic OH excluding ortho intramolecular Hbond substituents is 1. The first kappa shape index (κ1) is 19.5. The van der Waals surface area contributed by atoms with Crippen LogP contribution < -0.4 is 5.32 Å². The molecule has 5 heteroatoms. The van der Waals surface area contributed by atoms with Crippen molar-refractivity contribution < 1.29 is 19.4 Å². The highest BCUT2D eigenvalue weighted by molar-refractivity contribution is 5.79. The van der Waals surface area contributed by atoms with E-state index in [1.165, 1.54) is 23.3 Å². The second kappa shape index (κ2) is 8.66. The lowest BCUT2D eigenvalue weighted by atomic mass is 9.98. The Morgan fingerprint density at radius 1 is 1.00 bits per heavy atom. The number of phenols is 1. The zero-order valence-corrected chi connectivity index (χ0v) is 16.2. The van der Waals surface area contributed by atoms with Crippen molar-refractivity contribution in [3.8, 4) is 16.9 Å². The van der Waals surface area contributed by atoms with Gasteiger partial charge in [-0.3, -0.25) is 4.79 Å². The van der Waals surface area contributed by atoms with Crippen LogP contribution in [-0.2, 0) is 4.74 Å². The highest BCUT2D eigenvalue weighted by Crippen LogP contribution is 2.44. The van der Waals surface area contributed by atoms with E-state index in [2.05, 4.69) is 29.6 Å². The zero-order chi connectivity index (χ0) is 20.9. The molecule has 3 aromatic carbocycles. The second-order valence-electron chi connectivity index (χ2n) is 7.04. The van der Waals surface area contributed by atoms with Gasteiger partial charge in [-0.2, -0.15) is 0 Å². The minimum Gasteiger partial charge on any atom is -0.507 e. The topological polar surface area (TPSA) is 75.6 Å². The molecular weight excluding hydrogens is 378 g/mol. The van der Waals surface area contributed by atoms with Gasteiger partial charge in [0.2, 0.25) is 0 Å². The molecule has 1 aliphatic carbocycles. The van der Waals surface area contributed by atoms with E-state index in [4.69, 9.17) is 4.74 Å². The first-order valence-corrected chi connectivity index (χ1v) is 9.71. The fourth-order valence-electron chi connectivity index (χ4n) is 3.76. The molecule has 3 aromatic rings. The molecule has 0 saturated heterocycles. The Bertz CT molecular complexity index is 1070. The first-order chi connectivity index (χ1) is 14.7. The minimum atomic E-state index is -0.507. The Balaban J connectivity index is 1.34. The Kier molecular flexibility index (Phi) is 5.61. The van der Waals surface area contributed by atoms with Crippen LogP contribution in [0.4, 0.5) is 4.79 Å². The molecule has 150 valence electrons. The summed E-state index contributed by atoms with van der Waals surface area (Å²) in [6, 6.07) is 20.9. The molecule has 1 amide bonds. The van der Waals surface area contributed by atoms with E-state index < -0.39 is 6.09 Å². The van der Waals surface area contributed by atoms with Gasteiger partial charge < -0.3 is 15.2 Å². The number of aromatic hydroxyl groups is 1. The highest BCUT2D eigenvalue weighted by atomic mass is 16.5. The zero-order valence-electron chi connectivity index (χ0n) is 16.2.